The van der Waals surface area contributed by atoms with E-state index in [0.717, 1.165) is 60.5 Å². The summed E-state index contributed by atoms with van der Waals surface area (Å²) in [5.41, 5.74) is 22.1. The summed E-state index contributed by atoms with van der Waals surface area (Å²) in [6, 6.07) is 36.6. The summed E-state index contributed by atoms with van der Waals surface area (Å²) in [6.45, 7) is 19.9. The number of benzene rings is 6. The number of carbonyl (C=O) groups is 3. The van der Waals surface area contributed by atoms with E-state index >= 15 is 0 Å². The third-order valence-electron chi connectivity index (χ3n) is 21.3. The number of hydrogen-bond donors (Lipinski definition) is 3. The van der Waals surface area contributed by atoms with E-state index in [9.17, 15) is 68.3 Å². The Morgan fingerprint density at radius 2 is 0.712 bits per heavy atom. The first-order chi connectivity index (χ1) is 59.4. The zero-order valence-corrected chi connectivity index (χ0v) is 70.7. The van der Waals surface area contributed by atoms with Gasteiger partial charge in [-0.25, -0.2) is 28.1 Å². The molecule has 15 aromatic rings. The van der Waals surface area contributed by atoms with Crippen molar-refractivity contribution in [1.29, 1.82) is 0 Å². The number of hydrogen-bond acceptors (Lipinski definition) is 18. The zero-order valence-electron chi connectivity index (χ0n) is 69.9. The number of nitrogens with zero attached hydrogens (tertiary/aromatic N) is 9. The lowest BCUT2D eigenvalue weighted by atomic mass is 9.99. The molecule has 0 bridgehead atoms. The number of aryl methyl sites for hydroxylation is 4. The second-order valence-electron chi connectivity index (χ2n) is 31.7. The number of carbonyl (C=O) groups excluding carboxylic acids is 3. The summed E-state index contributed by atoms with van der Waals surface area (Å²) in [5.74, 6) is -5.44. The Bertz CT molecular complexity index is 6660. The van der Waals surface area contributed by atoms with Gasteiger partial charge in [0.05, 0.1) is 37.8 Å². The van der Waals surface area contributed by atoms with Crippen LogP contribution in [0.3, 0.4) is 0 Å². The molecule has 0 saturated heterocycles. The lowest BCUT2D eigenvalue weighted by Gasteiger charge is -2.35. The molecule has 654 valence electrons. The van der Waals surface area contributed by atoms with Gasteiger partial charge in [0.25, 0.3) is 34.4 Å². The molecule has 9 aromatic heterocycles. The number of halogens is 9. The largest absolute Gasteiger partial charge is 0.455 e. The third-order valence-corrected chi connectivity index (χ3v) is 22.3. The van der Waals surface area contributed by atoms with Crippen molar-refractivity contribution in [2.45, 2.75) is 132 Å². The minimum absolute atomic E-state index is 0.0633. The highest BCUT2D eigenvalue weighted by molar-refractivity contribution is 7.10. The van der Waals surface area contributed by atoms with Gasteiger partial charge in [0.15, 0.2) is 0 Å². The Kier molecular flexibility index (Phi) is 26.9. The Morgan fingerprint density at radius 1 is 0.400 bits per heavy atom. The highest BCUT2D eigenvalue weighted by atomic mass is 32.1. The van der Waals surface area contributed by atoms with Crippen molar-refractivity contribution in [2.24, 2.45) is 35.0 Å². The smallest absolute Gasteiger partial charge is 0.449 e. The van der Waals surface area contributed by atoms with Crippen molar-refractivity contribution in [3.8, 4) is 0 Å². The molecule has 9 heterocycles. The summed E-state index contributed by atoms with van der Waals surface area (Å²) < 4.78 is 154. The van der Waals surface area contributed by atoms with Crippen LogP contribution in [0.5, 0.6) is 0 Å². The maximum Gasteiger partial charge on any atom is 0.449 e. The molecule has 125 heavy (non-hydrogen) atoms. The zero-order chi connectivity index (χ0) is 89.9. The molecule has 33 heteroatoms. The predicted molar refractivity (Wildman–Crippen MR) is 457 cm³/mol. The van der Waals surface area contributed by atoms with Crippen LogP contribution in [0.15, 0.2) is 200 Å². The fraction of sp³-hybridized carbons (Fsp3) is 0.315. The van der Waals surface area contributed by atoms with Gasteiger partial charge in [0.1, 0.15) is 79.7 Å². The Morgan fingerprint density at radius 3 is 0.984 bits per heavy atom. The van der Waals surface area contributed by atoms with Gasteiger partial charge < -0.3 is 54.0 Å². The standard InChI is InChI=1S/C31H30F4N4O4.C31H33FN4O3S.C30H28F4N4O4/c1-17(2)26(38(14-4-13-36)29(40)19-7-5-18(3)6-8-19)28-37-25-22-15-20(32)9-11-23(22)43-27(25)30(41)39(28)16-21-10-12-24(42-21)31(33,34)35;1-18(2)27(35(13-5-12-33)30(37)21-8-6-19(3)7-9-21)29-34-26-24-15-22(32)10-11-25(24)39-28(26)31(38)36(29)16-23-14-20(4)17-40-23;1-16(2)25(37(13-12-35)28(39)18-6-4-17(3)5-7-18)27-36-24-21-14-19(31)8-10-22(21)42-26(24)29(40)38(27)15-20-9-11-23(41-20)30(32,33)34/h5-12,15,17,26H,4,13-14,16,36H2,1-3H3;6-11,14-15,17-18,27H,5,12-13,16,33H2,1-4H3;4-11,14,16,25H,12-13,15,35H2,1-3H3. The number of alkyl halides is 6. The average molecular weight is 1740 g/mol. The van der Waals surface area contributed by atoms with E-state index in [1.165, 1.54) is 59.5 Å². The number of aromatic nitrogens is 6. The first-order valence-corrected chi connectivity index (χ1v) is 41.3. The number of fused-ring (bicyclic) bond motifs is 9. The van der Waals surface area contributed by atoms with Gasteiger partial charge in [-0.05, 0) is 204 Å². The van der Waals surface area contributed by atoms with Crippen molar-refractivity contribution >= 4 is 95.3 Å². The molecule has 0 spiro atoms. The van der Waals surface area contributed by atoms with E-state index in [2.05, 4.69) is 0 Å². The fourth-order valence-electron chi connectivity index (χ4n) is 15.3. The minimum Gasteiger partial charge on any atom is -0.455 e. The molecule has 6 aromatic carbocycles. The molecule has 3 unspecified atom stereocenters. The molecule has 6 N–H and O–H groups in total. The maximum atomic E-state index is 14.3. The van der Waals surface area contributed by atoms with Crippen LogP contribution in [0.25, 0.3) is 66.2 Å². The SMILES string of the molecule is Cc1ccc(C(=O)N(CCCN)C(c2nc3c(oc4ccc(F)cc43)c(=O)n2Cc2cc(C)cs2)C(C)C)cc1.Cc1ccc(C(=O)N(CCCN)C(c2nc3c(oc4ccc(F)cc43)c(=O)n2Cc2ccc(C(F)(F)F)o2)C(C)C)cc1.Cc1ccc(C(=O)N(CCN)C(c2nc3c(oc4ccc(F)cc43)c(=O)n2Cc2ccc(C(F)(F)F)o2)C(C)C)cc1. The predicted octanol–water partition coefficient (Wildman–Crippen LogP) is 18.7. The second-order valence-corrected chi connectivity index (χ2v) is 32.7. The molecule has 0 aliphatic carbocycles. The molecular formula is C92H91F9N12O11S. The summed E-state index contributed by atoms with van der Waals surface area (Å²) in [5, 5.41) is 2.95. The molecule has 0 aliphatic rings. The number of amides is 3. The molecule has 0 fully saturated rings. The Balaban J connectivity index is 0.000000161. The van der Waals surface area contributed by atoms with Gasteiger partial charge in [-0.2, -0.15) is 26.3 Å². The summed E-state index contributed by atoms with van der Waals surface area (Å²) >= 11 is 1.56. The topological polar surface area (TPSA) is 309 Å². The van der Waals surface area contributed by atoms with Gasteiger partial charge in [-0.1, -0.05) is 94.6 Å². The fourth-order valence-corrected chi connectivity index (χ4v) is 16.2. The van der Waals surface area contributed by atoms with Crippen LogP contribution in [-0.2, 0) is 32.0 Å². The van der Waals surface area contributed by atoms with Crippen LogP contribution in [-0.4, -0.2) is 100 Å². The van der Waals surface area contributed by atoms with E-state index in [1.807, 2.05) is 105 Å². The molecule has 15 rings (SSSR count). The van der Waals surface area contributed by atoms with Gasteiger partial charge in [0.2, 0.25) is 28.3 Å². The highest BCUT2D eigenvalue weighted by Crippen LogP contribution is 2.40. The van der Waals surface area contributed by atoms with Crippen LogP contribution >= 0.6 is 11.3 Å². The van der Waals surface area contributed by atoms with E-state index in [1.54, 1.807) is 74.2 Å². The lowest BCUT2D eigenvalue weighted by Crippen LogP contribution is -2.43. The average Bonchev–Trinajstić information content (AvgIpc) is 1.63. The van der Waals surface area contributed by atoms with Gasteiger partial charge in [-0.3, -0.25) is 42.5 Å². The van der Waals surface area contributed by atoms with Crippen molar-refractivity contribution in [3.63, 3.8) is 0 Å². The first kappa shape index (κ1) is 90.0. The molecule has 0 aliphatic heterocycles. The van der Waals surface area contributed by atoms with Crippen molar-refractivity contribution < 1.29 is 76.0 Å². The van der Waals surface area contributed by atoms with E-state index in [-0.39, 0.29) is 147 Å². The van der Waals surface area contributed by atoms with Crippen molar-refractivity contribution in [2.75, 3.05) is 39.3 Å². The van der Waals surface area contributed by atoms with Crippen LogP contribution in [0, 0.1) is 62.9 Å². The molecule has 3 atom stereocenters. The number of furan rings is 5. The van der Waals surface area contributed by atoms with E-state index in [4.69, 9.17) is 54.2 Å². The Labute approximate surface area is 713 Å². The summed E-state index contributed by atoms with van der Waals surface area (Å²) in [4.78, 5) is 104. The van der Waals surface area contributed by atoms with Crippen LogP contribution in [0.1, 0.15) is 171 Å². The second kappa shape index (κ2) is 37.4. The Hall–Kier alpha value is -12.7. The number of rotatable bonds is 26. The maximum absolute atomic E-state index is 14.3. The molecule has 0 radical (unpaired) electrons. The quantitative estimate of drug-likeness (QED) is 0.0424. The molecule has 3 amide bonds. The van der Waals surface area contributed by atoms with Crippen molar-refractivity contribution in [3.05, 3.63) is 296 Å². The number of nitrogens with two attached hydrogens (primary N) is 3. The van der Waals surface area contributed by atoms with Gasteiger partial charge >= 0.3 is 12.4 Å². The molecular weight excluding hydrogens is 1650 g/mol. The van der Waals surface area contributed by atoms with E-state index < -0.39 is 83.7 Å². The van der Waals surface area contributed by atoms with Crippen molar-refractivity contribution in [1.82, 2.24) is 43.4 Å². The van der Waals surface area contributed by atoms with Crippen LogP contribution < -0.4 is 33.9 Å². The van der Waals surface area contributed by atoms with E-state index in [0.29, 0.717) is 64.9 Å². The minimum atomic E-state index is -4.73. The van der Waals surface area contributed by atoms with Gasteiger partial charge in [0, 0.05) is 63.9 Å². The molecule has 0 saturated carbocycles. The van der Waals surface area contributed by atoms with Gasteiger partial charge in [-0.15, -0.1) is 11.3 Å². The monoisotopic (exact) mass is 1740 g/mol. The number of thiophene rings is 1. The highest BCUT2D eigenvalue weighted by Gasteiger charge is 2.41. The summed E-state index contributed by atoms with van der Waals surface area (Å²) in [7, 11) is 0. The normalized spacial score (nSPS) is 12.7. The molecule has 23 nitrogen and oxygen atoms in total. The van der Waals surface area contributed by atoms with Crippen LogP contribution in [0.4, 0.5) is 39.5 Å². The van der Waals surface area contributed by atoms with Crippen LogP contribution in [0.2, 0.25) is 0 Å². The third kappa shape index (κ3) is 19.3. The summed E-state index contributed by atoms with van der Waals surface area (Å²) in [6.07, 6.45) is -8.44. The first-order valence-electron chi connectivity index (χ1n) is 40.4. The lowest BCUT2D eigenvalue weighted by molar-refractivity contribution is -0.154.